The average Bonchev–Trinajstić information content (AvgIpc) is 2.75. The van der Waals surface area contributed by atoms with Gasteiger partial charge in [-0.05, 0) is 32.3 Å². The van der Waals surface area contributed by atoms with Crippen LogP contribution in [0.1, 0.15) is 43.4 Å². The molecule has 1 aromatic rings. The normalized spacial score (nSPS) is 17.6. The second kappa shape index (κ2) is 5.27. The van der Waals surface area contributed by atoms with Gasteiger partial charge in [-0.25, -0.2) is 0 Å². The second-order valence-corrected chi connectivity index (χ2v) is 6.07. The fourth-order valence-electron chi connectivity index (χ4n) is 2.86. The molecule has 0 saturated heterocycles. The standard InChI is InChI=1S/C17H25N/c1-13(2)18-12-17(7-5-6-8-17)16-10-14(3)9-15(4)11-16/h5-6,9-11,13,18H,7-8,12H2,1-4H3. The number of aryl methyl sites for hydroxylation is 2. The molecule has 1 aromatic carbocycles. The summed E-state index contributed by atoms with van der Waals surface area (Å²) in [6, 6.07) is 7.54. The zero-order valence-corrected chi connectivity index (χ0v) is 12.1. The molecule has 1 heteroatoms. The fraction of sp³-hybridized carbons (Fsp3) is 0.529. The lowest BCUT2D eigenvalue weighted by Crippen LogP contribution is -2.39. The van der Waals surface area contributed by atoms with Gasteiger partial charge in [0.25, 0.3) is 0 Å². The second-order valence-electron chi connectivity index (χ2n) is 6.07. The van der Waals surface area contributed by atoms with Gasteiger partial charge in [0.2, 0.25) is 0 Å². The molecule has 0 aromatic heterocycles. The smallest absolute Gasteiger partial charge is 0.0147 e. The summed E-state index contributed by atoms with van der Waals surface area (Å²) in [6.45, 7) is 9.90. The van der Waals surface area contributed by atoms with Crippen molar-refractivity contribution in [1.29, 1.82) is 0 Å². The summed E-state index contributed by atoms with van der Waals surface area (Å²) in [5.74, 6) is 0. The maximum atomic E-state index is 3.63. The number of hydrogen-bond acceptors (Lipinski definition) is 1. The Labute approximate surface area is 111 Å². The van der Waals surface area contributed by atoms with Gasteiger partial charge in [-0.15, -0.1) is 0 Å². The van der Waals surface area contributed by atoms with Crippen LogP contribution >= 0.6 is 0 Å². The van der Waals surface area contributed by atoms with Gasteiger partial charge in [0, 0.05) is 18.0 Å². The van der Waals surface area contributed by atoms with Gasteiger partial charge < -0.3 is 5.32 Å². The molecule has 98 valence electrons. The van der Waals surface area contributed by atoms with E-state index >= 15 is 0 Å². The molecule has 0 fully saturated rings. The van der Waals surface area contributed by atoms with Crippen LogP contribution in [0.5, 0.6) is 0 Å². The molecule has 1 nitrogen and oxygen atoms in total. The summed E-state index contributed by atoms with van der Waals surface area (Å²) in [5.41, 5.74) is 4.53. The summed E-state index contributed by atoms with van der Waals surface area (Å²) < 4.78 is 0. The van der Waals surface area contributed by atoms with Gasteiger partial charge >= 0.3 is 0 Å². The topological polar surface area (TPSA) is 12.0 Å². The number of hydrogen-bond donors (Lipinski definition) is 1. The van der Waals surface area contributed by atoms with Crippen LogP contribution in [0.2, 0.25) is 0 Å². The molecule has 2 rings (SSSR count). The first kappa shape index (κ1) is 13.4. The highest BCUT2D eigenvalue weighted by Gasteiger charge is 2.33. The number of benzene rings is 1. The highest BCUT2D eigenvalue weighted by Crippen LogP contribution is 2.37. The van der Waals surface area contributed by atoms with Crippen molar-refractivity contribution >= 4 is 0 Å². The van der Waals surface area contributed by atoms with E-state index in [1.807, 2.05) is 0 Å². The third-order valence-corrected chi connectivity index (χ3v) is 3.87. The van der Waals surface area contributed by atoms with Crippen LogP contribution in [0.25, 0.3) is 0 Å². The first-order valence-electron chi connectivity index (χ1n) is 6.99. The third kappa shape index (κ3) is 2.84. The predicted octanol–water partition coefficient (Wildman–Crippen LogP) is 3.89. The molecule has 18 heavy (non-hydrogen) atoms. The Morgan fingerprint density at radius 3 is 2.11 bits per heavy atom. The largest absolute Gasteiger partial charge is 0.314 e. The maximum Gasteiger partial charge on any atom is 0.0147 e. The van der Waals surface area contributed by atoms with Crippen molar-refractivity contribution in [3.05, 3.63) is 47.0 Å². The molecule has 0 bridgehead atoms. The van der Waals surface area contributed by atoms with Crippen molar-refractivity contribution in [2.45, 2.75) is 52.0 Å². The molecule has 0 saturated carbocycles. The molecule has 0 spiro atoms. The molecule has 0 amide bonds. The van der Waals surface area contributed by atoms with Gasteiger partial charge in [0.1, 0.15) is 0 Å². The monoisotopic (exact) mass is 243 g/mol. The fourth-order valence-corrected chi connectivity index (χ4v) is 2.86. The predicted molar refractivity (Wildman–Crippen MR) is 79.1 cm³/mol. The minimum absolute atomic E-state index is 0.279. The molecule has 1 aliphatic rings. The lowest BCUT2D eigenvalue weighted by Gasteiger charge is -2.32. The summed E-state index contributed by atoms with van der Waals surface area (Å²) in [6.07, 6.45) is 6.99. The molecule has 0 heterocycles. The number of allylic oxidation sites excluding steroid dienone is 2. The Hall–Kier alpha value is -1.08. The van der Waals surface area contributed by atoms with E-state index in [0.29, 0.717) is 6.04 Å². The Balaban J connectivity index is 2.29. The van der Waals surface area contributed by atoms with Crippen molar-refractivity contribution in [3.8, 4) is 0 Å². The summed E-state index contributed by atoms with van der Waals surface area (Å²) in [5, 5.41) is 3.63. The van der Waals surface area contributed by atoms with E-state index < -0.39 is 0 Å². The third-order valence-electron chi connectivity index (χ3n) is 3.87. The number of nitrogens with one attached hydrogen (secondary N) is 1. The van der Waals surface area contributed by atoms with Gasteiger partial charge in [0.05, 0.1) is 0 Å². The van der Waals surface area contributed by atoms with Crippen molar-refractivity contribution in [3.63, 3.8) is 0 Å². The lowest BCUT2D eigenvalue weighted by atomic mass is 9.77. The van der Waals surface area contributed by atoms with E-state index in [9.17, 15) is 0 Å². The highest BCUT2D eigenvalue weighted by atomic mass is 14.9. The van der Waals surface area contributed by atoms with Crippen molar-refractivity contribution < 1.29 is 0 Å². The SMILES string of the molecule is Cc1cc(C)cc(C2(CNC(C)C)CC=CC2)c1. The molecule has 0 atom stereocenters. The van der Waals surface area contributed by atoms with Crippen molar-refractivity contribution in [1.82, 2.24) is 5.32 Å². The molecule has 1 aliphatic carbocycles. The van der Waals surface area contributed by atoms with Crippen LogP contribution in [-0.4, -0.2) is 12.6 Å². The van der Waals surface area contributed by atoms with Crippen molar-refractivity contribution in [2.75, 3.05) is 6.54 Å². The van der Waals surface area contributed by atoms with Crippen molar-refractivity contribution in [2.24, 2.45) is 0 Å². The van der Waals surface area contributed by atoms with E-state index in [-0.39, 0.29) is 5.41 Å². The van der Waals surface area contributed by atoms with E-state index in [1.54, 1.807) is 0 Å². The van der Waals surface area contributed by atoms with E-state index in [4.69, 9.17) is 0 Å². The van der Waals surface area contributed by atoms with Crippen LogP contribution in [-0.2, 0) is 5.41 Å². The van der Waals surface area contributed by atoms with Crippen LogP contribution < -0.4 is 5.32 Å². The van der Waals surface area contributed by atoms with Gasteiger partial charge in [-0.3, -0.25) is 0 Å². The van der Waals surface area contributed by atoms with E-state index in [1.165, 1.54) is 16.7 Å². The molecule has 1 N–H and O–H groups in total. The Bertz CT molecular complexity index is 415. The van der Waals surface area contributed by atoms with Crippen LogP contribution in [0.3, 0.4) is 0 Å². The highest BCUT2D eigenvalue weighted by molar-refractivity contribution is 5.37. The van der Waals surface area contributed by atoms with E-state index in [2.05, 4.69) is 63.4 Å². The molecule has 0 radical (unpaired) electrons. The Kier molecular flexibility index (Phi) is 3.91. The Morgan fingerprint density at radius 2 is 1.61 bits per heavy atom. The number of rotatable bonds is 4. The minimum Gasteiger partial charge on any atom is -0.314 e. The molecule has 0 unspecified atom stereocenters. The van der Waals surface area contributed by atoms with E-state index in [0.717, 1.165) is 19.4 Å². The molecular weight excluding hydrogens is 218 g/mol. The minimum atomic E-state index is 0.279. The summed E-state index contributed by atoms with van der Waals surface area (Å²) >= 11 is 0. The molecular formula is C17H25N. The quantitative estimate of drug-likeness (QED) is 0.791. The molecule has 0 aliphatic heterocycles. The average molecular weight is 243 g/mol. The zero-order valence-electron chi connectivity index (χ0n) is 12.1. The van der Waals surface area contributed by atoms with Crippen LogP contribution in [0, 0.1) is 13.8 Å². The zero-order chi connectivity index (χ0) is 13.2. The lowest BCUT2D eigenvalue weighted by molar-refractivity contribution is 0.398. The van der Waals surface area contributed by atoms with Crippen LogP contribution in [0.4, 0.5) is 0 Å². The van der Waals surface area contributed by atoms with Gasteiger partial charge in [0.15, 0.2) is 0 Å². The van der Waals surface area contributed by atoms with Crippen LogP contribution in [0.15, 0.2) is 30.4 Å². The van der Waals surface area contributed by atoms with Gasteiger partial charge in [-0.2, -0.15) is 0 Å². The first-order valence-corrected chi connectivity index (χ1v) is 6.99. The Morgan fingerprint density at radius 1 is 1.06 bits per heavy atom. The summed E-state index contributed by atoms with van der Waals surface area (Å²) in [4.78, 5) is 0. The maximum absolute atomic E-state index is 3.63. The van der Waals surface area contributed by atoms with Gasteiger partial charge in [-0.1, -0.05) is 55.3 Å². The first-order chi connectivity index (χ1) is 8.52. The summed E-state index contributed by atoms with van der Waals surface area (Å²) in [7, 11) is 0.